The van der Waals surface area contributed by atoms with Gasteiger partial charge in [0.2, 0.25) is 10.0 Å². The van der Waals surface area contributed by atoms with Crippen LogP contribution in [0.15, 0.2) is 41.3 Å². The molecule has 1 aliphatic rings. The molecule has 0 fully saturated rings. The van der Waals surface area contributed by atoms with Gasteiger partial charge in [0.1, 0.15) is 5.82 Å². The van der Waals surface area contributed by atoms with Gasteiger partial charge in [0, 0.05) is 23.3 Å². The zero-order valence-corrected chi connectivity index (χ0v) is 14.0. The molecule has 1 heterocycles. The molecule has 1 aliphatic heterocycles. The molecular formula is C16H16ClFN2O2S. The zero-order chi connectivity index (χ0) is 16.8. The van der Waals surface area contributed by atoms with Crippen LogP contribution in [0.3, 0.4) is 0 Å². The van der Waals surface area contributed by atoms with Gasteiger partial charge < -0.3 is 4.90 Å². The molecule has 0 radical (unpaired) electrons. The van der Waals surface area contributed by atoms with Gasteiger partial charge in [-0.25, -0.2) is 17.9 Å². The smallest absolute Gasteiger partial charge is 0.238 e. The fourth-order valence-corrected chi connectivity index (χ4v) is 3.71. The number of sulfonamides is 1. The van der Waals surface area contributed by atoms with E-state index in [1.54, 1.807) is 18.2 Å². The van der Waals surface area contributed by atoms with E-state index < -0.39 is 10.0 Å². The summed E-state index contributed by atoms with van der Waals surface area (Å²) in [4.78, 5) is 2.24. The first-order chi connectivity index (χ1) is 10.8. The van der Waals surface area contributed by atoms with Crippen LogP contribution < -0.4 is 10.0 Å². The largest absolute Gasteiger partial charge is 0.364 e. The highest BCUT2D eigenvalue weighted by atomic mass is 35.5. The van der Waals surface area contributed by atoms with Crippen molar-refractivity contribution in [1.82, 2.24) is 0 Å². The molecule has 0 bridgehead atoms. The van der Waals surface area contributed by atoms with Crippen LogP contribution >= 0.6 is 11.6 Å². The van der Waals surface area contributed by atoms with Crippen LogP contribution in [0, 0.1) is 5.82 Å². The Morgan fingerprint density at radius 2 is 2.04 bits per heavy atom. The molecule has 122 valence electrons. The van der Waals surface area contributed by atoms with E-state index in [1.807, 2.05) is 6.92 Å². The van der Waals surface area contributed by atoms with E-state index in [0.29, 0.717) is 11.6 Å². The van der Waals surface area contributed by atoms with Crippen LogP contribution in [0.2, 0.25) is 5.02 Å². The van der Waals surface area contributed by atoms with E-state index in [9.17, 15) is 12.8 Å². The molecule has 2 aromatic carbocycles. The highest BCUT2D eigenvalue weighted by molar-refractivity contribution is 7.89. The molecule has 7 heteroatoms. The number of halogens is 2. The molecule has 0 amide bonds. The second-order valence-electron chi connectivity index (χ2n) is 5.75. The normalized spacial score (nSPS) is 17.4. The van der Waals surface area contributed by atoms with Gasteiger partial charge in [-0.15, -0.1) is 0 Å². The van der Waals surface area contributed by atoms with Crippen molar-refractivity contribution in [1.29, 1.82) is 0 Å². The van der Waals surface area contributed by atoms with Crippen molar-refractivity contribution in [2.24, 2.45) is 5.14 Å². The molecule has 23 heavy (non-hydrogen) atoms. The predicted octanol–water partition coefficient (Wildman–Crippen LogP) is 3.08. The Bertz CT molecular complexity index is 870. The number of fused-ring (bicyclic) bond motifs is 1. The number of anilines is 1. The molecule has 0 spiro atoms. The molecule has 0 aliphatic carbocycles. The Kier molecular flexibility index (Phi) is 4.08. The van der Waals surface area contributed by atoms with Crippen LogP contribution in [-0.4, -0.2) is 14.5 Å². The third-order valence-electron chi connectivity index (χ3n) is 4.09. The SMILES string of the molecule is C[C@@H]1Cc2cc(S(N)(=O)=O)ccc2N1Cc1ccc(F)cc1Cl. The van der Waals surface area contributed by atoms with Gasteiger partial charge in [0.05, 0.1) is 4.90 Å². The molecule has 0 saturated carbocycles. The van der Waals surface area contributed by atoms with Gasteiger partial charge in [-0.3, -0.25) is 0 Å². The Hall–Kier alpha value is -1.63. The molecular weight excluding hydrogens is 339 g/mol. The van der Waals surface area contributed by atoms with Crippen LogP contribution in [0.1, 0.15) is 18.1 Å². The van der Waals surface area contributed by atoms with E-state index >= 15 is 0 Å². The maximum Gasteiger partial charge on any atom is 0.238 e. The van der Waals surface area contributed by atoms with Gasteiger partial charge >= 0.3 is 0 Å². The average Bonchev–Trinajstić information content (AvgIpc) is 2.76. The Labute approximate surface area is 139 Å². The first-order valence-electron chi connectivity index (χ1n) is 7.12. The summed E-state index contributed by atoms with van der Waals surface area (Å²) in [7, 11) is -3.71. The first kappa shape index (κ1) is 16.2. The fraction of sp³-hybridized carbons (Fsp3) is 0.250. The van der Waals surface area contributed by atoms with E-state index in [1.165, 1.54) is 18.2 Å². The summed E-state index contributed by atoms with van der Waals surface area (Å²) in [6, 6.07) is 9.41. The zero-order valence-electron chi connectivity index (χ0n) is 12.5. The summed E-state index contributed by atoms with van der Waals surface area (Å²) in [5, 5.41) is 5.56. The van der Waals surface area contributed by atoms with Crippen LogP contribution in [0.5, 0.6) is 0 Å². The molecule has 2 N–H and O–H groups in total. The minimum absolute atomic E-state index is 0.116. The van der Waals surface area contributed by atoms with Crippen molar-refractivity contribution < 1.29 is 12.8 Å². The number of benzene rings is 2. The van der Waals surface area contributed by atoms with Gasteiger partial charge in [-0.05, 0) is 54.8 Å². The van der Waals surface area contributed by atoms with Crippen molar-refractivity contribution in [2.45, 2.75) is 30.8 Å². The number of primary sulfonamides is 1. The van der Waals surface area contributed by atoms with Gasteiger partial charge in [-0.2, -0.15) is 0 Å². The fourth-order valence-electron chi connectivity index (χ4n) is 2.92. The summed E-state index contributed by atoms with van der Waals surface area (Å²) >= 11 is 6.11. The number of hydrogen-bond donors (Lipinski definition) is 1. The lowest BCUT2D eigenvalue weighted by Crippen LogP contribution is -2.28. The Balaban J connectivity index is 1.94. The number of nitrogens with zero attached hydrogens (tertiary/aromatic N) is 1. The maximum absolute atomic E-state index is 13.2. The lowest BCUT2D eigenvalue weighted by Gasteiger charge is -2.25. The summed E-state index contributed by atoms with van der Waals surface area (Å²) in [6.07, 6.45) is 0.720. The number of nitrogens with two attached hydrogens (primary N) is 1. The topological polar surface area (TPSA) is 63.4 Å². The Morgan fingerprint density at radius 1 is 1.30 bits per heavy atom. The minimum atomic E-state index is -3.71. The summed E-state index contributed by atoms with van der Waals surface area (Å²) in [5.41, 5.74) is 2.70. The number of rotatable bonds is 3. The molecule has 1 atom stereocenters. The van der Waals surface area contributed by atoms with Crippen molar-refractivity contribution in [3.63, 3.8) is 0 Å². The summed E-state index contributed by atoms with van der Waals surface area (Å²) < 4.78 is 36.1. The predicted molar refractivity (Wildman–Crippen MR) is 88.6 cm³/mol. The highest BCUT2D eigenvalue weighted by Crippen LogP contribution is 2.35. The van der Waals surface area contributed by atoms with Crippen LogP contribution in [0.25, 0.3) is 0 Å². The monoisotopic (exact) mass is 354 g/mol. The number of hydrogen-bond acceptors (Lipinski definition) is 3. The standard InChI is InChI=1S/C16H16ClFN2O2S/c1-10-6-12-7-14(23(19,21)22)4-5-16(12)20(10)9-11-2-3-13(18)8-15(11)17/h2-5,7-8,10H,6,9H2,1H3,(H2,19,21,22)/t10-/m1/s1. The lowest BCUT2D eigenvalue weighted by molar-refractivity contribution is 0.597. The van der Waals surface area contributed by atoms with Gasteiger partial charge in [-0.1, -0.05) is 17.7 Å². The highest BCUT2D eigenvalue weighted by Gasteiger charge is 2.27. The van der Waals surface area contributed by atoms with Crippen molar-refractivity contribution in [3.8, 4) is 0 Å². The Morgan fingerprint density at radius 3 is 2.70 bits per heavy atom. The third-order valence-corrected chi connectivity index (χ3v) is 5.35. The van der Waals surface area contributed by atoms with Gasteiger partial charge in [0.15, 0.2) is 0 Å². The van der Waals surface area contributed by atoms with Crippen molar-refractivity contribution in [2.75, 3.05) is 4.90 Å². The van der Waals surface area contributed by atoms with Crippen LogP contribution in [-0.2, 0) is 23.0 Å². The molecule has 0 unspecified atom stereocenters. The second kappa shape index (κ2) is 5.78. The van der Waals surface area contributed by atoms with E-state index in [4.69, 9.17) is 16.7 Å². The van der Waals surface area contributed by atoms with E-state index in [0.717, 1.165) is 23.2 Å². The quantitative estimate of drug-likeness (QED) is 0.921. The van der Waals surface area contributed by atoms with Gasteiger partial charge in [0.25, 0.3) is 0 Å². The minimum Gasteiger partial charge on any atom is -0.364 e. The molecule has 4 nitrogen and oxygen atoms in total. The van der Waals surface area contributed by atoms with Crippen molar-refractivity contribution in [3.05, 3.63) is 58.4 Å². The average molecular weight is 355 g/mol. The summed E-state index contributed by atoms with van der Waals surface area (Å²) in [6.45, 7) is 2.58. The molecule has 2 aromatic rings. The molecule has 3 rings (SSSR count). The lowest BCUT2D eigenvalue weighted by atomic mass is 10.1. The van der Waals surface area contributed by atoms with Crippen LogP contribution in [0.4, 0.5) is 10.1 Å². The molecule has 0 aromatic heterocycles. The van der Waals surface area contributed by atoms with E-state index in [2.05, 4.69) is 4.90 Å². The summed E-state index contributed by atoms with van der Waals surface area (Å²) in [5.74, 6) is -0.369. The van der Waals surface area contributed by atoms with E-state index in [-0.39, 0.29) is 16.8 Å². The first-order valence-corrected chi connectivity index (χ1v) is 9.04. The maximum atomic E-state index is 13.2. The second-order valence-corrected chi connectivity index (χ2v) is 7.72. The molecule has 0 saturated heterocycles. The third kappa shape index (κ3) is 3.20. The van der Waals surface area contributed by atoms with Crippen molar-refractivity contribution >= 4 is 27.3 Å².